The Kier molecular flexibility index (Phi) is 6.84. The highest BCUT2D eigenvalue weighted by molar-refractivity contribution is 5.94. The Hall–Kier alpha value is -3.94. The molecule has 2 aromatic carbocycles. The van der Waals surface area contributed by atoms with Crippen molar-refractivity contribution in [2.45, 2.75) is 32.6 Å². The SMILES string of the molecule is CCNc1ncc(C(=O)N2CCC3(CC2)Cc2cccc(c2)Oc2cccc(c2)CCNC3=O)cn1. The van der Waals surface area contributed by atoms with E-state index >= 15 is 0 Å². The summed E-state index contributed by atoms with van der Waals surface area (Å²) < 4.78 is 6.12. The maximum atomic E-state index is 13.6. The van der Waals surface area contributed by atoms with Crippen LogP contribution in [0.25, 0.3) is 0 Å². The van der Waals surface area contributed by atoms with Crippen LogP contribution in [0.5, 0.6) is 11.5 Å². The third-order valence-electron chi connectivity index (χ3n) is 7.00. The molecule has 36 heavy (non-hydrogen) atoms. The van der Waals surface area contributed by atoms with Crippen LogP contribution in [-0.2, 0) is 17.6 Å². The van der Waals surface area contributed by atoms with Crippen molar-refractivity contribution < 1.29 is 14.3 Å². The van der Waals surface area contributed by atoms with Crippen molar-refractivity contribution in [3.63, 3.8) is 0 Å². The number of anilines is 1. The lowest BCUT2D eigenvalue weighted by atomic mass is 9.72. The molecule has 5 rings (SSSR count). The van der Waals surface area contributed by atoms with Crippen LogP contribution in [0.1, 0.15) is 41.3 Å². The minimum absolute atomic E-state index is 0.0506. The van der Waals surface area contributed by atoms with Gasteiger partial charge in [0.1, 0.15) is 11.5 Å². The number of amides is 2. The Morgan fingerprint density at radius 1 is 1.06 bits per heavy atom. The number of nitrogens with zero attached hydrogens (tertiary/aromatic N) is 3. The van der Waals surface area contributed by atoms with Crippen molar-refractivity contribution in [1.29, 1.82) is 0 Å². The van der Waals surface area contributed by atoms with E-state index in [4.69, 9.17) is 4.74 Å². The van der Waals surface area contributed by atoms with Gasteiger partial charge in [0.05, 0.1) is 11.0 Å². The molecule has 186 valence electrons. The van der Waals surface area contributed by atoms with Gasteiger partial charge in [-0.1, -0.05) is 24.3 Å². The number of likely N-dealkylation sites (tertiary alicyclic amines) is 1. The average molecular weight is 486 g/mol. The molecule has 1 saturated heterocycles. The van der Waals surface area contributed by atoms with E-state index in [0.717, 1.165) is 29.0 Å². The molecule has 1 aromatic heterocycles. The molecule has 1 fully saturated rings. The van der Waals surface area contributed by atoms with Crippen LogP contribution < -0.4 is 15.4 Å². The van der Waals surface area contributed by atoms with Crippen LogP contribution in [0.15, 0.2) is 60.9 Å². The molecule has 3 heterocycles. The summed E-state index contributed by atoms with van der Waals surface area (Å²) in [6, 6.07) is 15.9. The van der Waals surface area contributed by atoms with Gasteiger partial charge >= 0.3 is 0 Å². The number of hydrogen-bond acceptors (Lipinski definition) is 6. The van der Waals surface area contributed by atoms with Gasteiger partial charge in [-0.3, -0.25) is 9.59 Å². The molecule has 8 heteroatoms. The van der Waals surface area contributed by atoms with Crippen molar-refractivity contribution in [1.82, 2.24) is 20.2 Å². The summed E-state index contributed by atoms with van der Waals surface area (Å²) in [7, 11) is 0. The zero-order valence-electron chi connectivity index (χ0n) is 20.5. The summed E-state index contributed by atoms with van der Waals surface area (Å²) in [5.74, 6) is 2.00. The summed E-state index contributed by atoms with van der Waals surface area (Å²) in [6.07, 6.45) is 5.60. The quantitative estimate of drug-likeness (QED) is 0.585. The standard InChI is InChI=1S/C28H31N5O3/c1-2-29-27-31-18-22(19-32-27)25(34)33-13-10-28(11-14-33)17-21-6-4-8-24(16-21)36-23-7-3-5-20(15-23)9-12-30-26(28)35/h3-8,15-16,18-19H,2,9-14,17H2,1H3,(H,30,35)(H,29,31,32). The summed E-state index contributed by atoms with van der Waals surface area (Å²) in [5, 5.41) is 6.22. The van der Waals surface area contributed by atoms with Gasteiger partial charge < -0.3 is 20.3 Å². The number of carbonyl (C=O) groups excluding carboxylic acids is 2. The van der Waals surface area contributed by atoms with E-state index in [0.29, 0.717) is 57.0 Å². The highest BCUT2D eigenvalue weighted by Crippen LogP contribution is 2.37. The zero-order valence-corrected chi connectivity index (χ0v) is 20.5. The summed E-state index contributed by atoms with van der Waals surface area (Å²) >= 11 is 0. The van der Waals surface area contributed by atoms with Crippen molar-refractivity contribution >= 4 is 17.8 Å². The number of piperidine rings is 1. The molecular formula is C28H31N5O3. The molecule has 0 unspecified atom stereocenters. The normalized spacial score (nSPS) is 17.1. The molecule has 3 aromatic rings. The number of rotatable bonds is 3. The van der Waals surface area contributed by atoms with E-state index in [9.17, 15) is 9.59 Å². The topological polar surface area (TPSA) is 96.5 Å². The highest BCUT2D eigenvalue weighted by atomic mass is 16.5. The Balaban J connectivity index is 1.34. The summed E-state index contributed by atoms with van der Waals surface area (Å²) in [4.78, 5) is 36.9. The van der Waals surface area contributed by atoms with Crippen LogP contribution >= 0.6 is 0 Å². The molecule has 1 spiro atoms. The number of benzene rings is 2. The molecular weight excluding hydrogens is 454 g/mol. The molecule has 2 aliphatic rings. The molecule has 0 saturated carbocycles. The first-order chi connectivity index (χ1) is 17.5. The third-order valence-corrected chi connectivity index (χ3v) is 7.00. The number of fused-ring (bicyclic) bond motifs is 4. The lowest BCUT2D eigenvalue weighted by molar-refractivity contribution is -0.133. The summed E-state index contributed by atoms with van der Waals surface area (Å²) in [6.45, 7) is 4.23. The lowest BCUT2D eigenvalue weighted by Gasteiger charge is -2.41. The van der Waals surface area contributed by atoms with Crippen LogP contribution in [0, 0.1) is 5.41 Å². The van der Waals surface area contributed by atoms with Crippen molar-refractivity contribution in [3.8, 4) is 11.5 Å². The van der Waals surface area contributed by atoms with E-state index in [1.807, 2.05) is 55.5 Å². The van der Waals surface area contributed by atoms with Crippen LogP contribution in [-0.4, -0.2) is 52.9 Å². The van der Waals surface area contributed by atoms with Crippen LogP contribution in [0.3, 0.4) is 0 Å². The molecule has 2 N–H and O–H groups in total. The summed E-state index contributed by atoms with van der Waals surface area (Å²) in [5.41, 5.74) is 2.02. The minimum atomic E-state index is -0.590. The van der Waals surface area contributed by atoms with Gasteiger partial charge in [-0.25, -0.2) is 9.97 Å². The molecule has 0 radical (unpaired) electrons. The van der Waals surface area contributed by atoms with Gasteiger partial charge in [0.25, 0.3) is 5.91 Å². The molecule has 4 bridgehead atoms. The molecule has 0 atom stereocenters. The fraction of sp³-hybridized carbons (Fsp3) is 0.357. The van der Waals surface area contributed by atoms with Gasteiger partial charge in [-0.15, -0.1) is 0 Å². The number of hydrogen-bond donors (Lipinski definition) is 2. The third kappa shape index (κ3) is 5.17. The smallest absolute Gasteiger partial charge is 0.256 e. The second kappa shape index (κ2) is 10.4. The predicted molar refractivity (Wildman–Crippen MR) is 137 cm³/mol. The lowest BCUT2D eigenvalue weighted by Crippen LogP contribution is -2.51. The maximum absolute atomic E-state index is 13.6. The predicted octanol–water partition coefficient (Wildman–Crippen LogP) is 3.84. The first kappa shape index (κ1) is 23.8. The van der Waals surface area contributed by atoms with Gasteiger partial charge in [0.2, 0.25) is 11.9 Å². The largest absolute Gasteiger partial charge is 0.457 e. The number of nitrogens with one attached hydrogen (secondary N) is 2. The second-order valence-electron chi connectivity index (χ2n) is 9.48. The van der Waals surface area contributed by atoms with Crippen LogP contribution in [0.2, 0.25) is 0 Å². The second-order valence-corrected chi connectivity index (χ2v) is 9.48. The van der Waals surface area contributed by atoms with Gasteiger partial charge in [-0.2, -0.15) is 0 Å². The average Bonchev–Trinajstić information content (AvgIpc) is 2.90. The van der Waals surface area contributed by atoms with E-state index in [-0.39, 0.29) is 11.8 Å². The highest BCUT2D eigenvalue weighted by Gasteiger charge is 2.42. The van der Waals surface area contributed by atoms with Crippen molar-refractivity contribution in [2.24, 2.45) is 5.41 Å². The number of aromatic nitrogens is 2. The van der Waals surface area contributed by atoms with Crippen molar-refractivity contribution in [2.75, 3.05) is 31.5 Å². The van der Waals surface area contributed by atoms with E-state index in [1.165, 1.54) is 0 Å². The Morgan fingerprint density at radius 3 is 2.42 bits per heavy atom. The number of carbonyl (C=O) groups is 2. The Morgan fingerprint density at radius 2 is 1.72 bits per heavy atom. The van der Waals surface area contributed by atoms with E-state index < -0.39 is 5.41 Å². The molecule has 2 aliphatic heterocycles. The fourth-order valence-corrected chi connectivity index (χ4v) is 5.01. The first-order valence-corrected chi connectivity index (χ1v) is 12.5. The Bertz CT molecular complexity index is 1240. The Labute approximate surface area is 211 Å². The van der Waals surface area contributed by atoms with Gasteiger partial charge in [0, 0.05) is 38.6 Å². The zero-order chi connectivity index (χ0) is 25.0. The van der Waals surface area contributed by atoms with Gasteiger partial charge in [0.15, 0.2) is 0 Å². The minimum Gasteiger partial charge on any atom is -0.457 e. The van der Waals surface area contributed by atoms with Crippen molar-refractivity contribution in [3.05, 3.63) is 77.6 Å². The van der Waals surface area contributed by atoms with Crippen LogP contribution in [0.4, 0.5) is 5.95 Å². The maximum Gasteiger partial charge on any atom is 0.256 e. The van der Waals surface area contributed by atoms with E-state index in [2.05, 4.69) is 20.6 Å². The van der Waals surface area contributed by atoms with E-state index in [1.54, 1.807) is 17.3 Å². The van der Waals surface area contributed by atoms with Gasteiger partial charge in [-0.05, 0) is 68.0 Å². The first-order valence-electron chi connectivity index (χ1n) is 12.5. The monoisotopic (exact) mass is 485 g/mol. The fourth-order valence-electron chi connectivity index (χ4n) is 5.01. The molecule has 0 aliphatic carbocycles. The molecule has 8 nitrogen and oxygen atoms in total. The number of ether oxygens (including phenoxy) is 1. The molecule has 2 amide bonds.